The van der Waals surface area contributed by atoms with E-state index in [4.69, 9.17) is 0 Å². The van der Waals surface area contributed by atoms with Gasteiger partial charge in [-0.25, -0.2) is 0 Å². The SMILES string of the molecule is CC(C)CNCc1cc(Br)ccc1N(C)CC1CC1. The molecule has 2 nitrogen and oxygen atoms in total. The maximum Gasteiger partial charge on any atom is 0.0410 e. The number of rotatable bonds is 7. The first-order valence-electron chi connectivity index (χ1n) is 7.26. The van der Waals surface area contributed by atoms with Gasteiger partial charge in [0.25, 0.3) is 0 Å². The molecule has 0 amide bonds. The average Bonchev–Trinajstić information content (AvgIpc) is 3.12. The normalized spacial score (nSPS) is 15.0. The monoisotopic (exact) mass is 324 g/mol. The van der Waals surface area contributed by atoms with Gasteiger partial charge in [0.2, 0.25) is 0 Å². The molecule has 0 aliphatic heterocycles. The quantitative estimate of drug-likeness (QED) is 0.814. The third-order valence-electron chi connectivity index (χ3n) is 3.55. The average molecular weight is 325 g/mol. The molecular formula is C16H25BrN2. The maximum atomic E-state index is 3.58. The Morgan fingerprint density at radius 3 is 2.74 bits per heavy atom. The smallest absolute Gasteiger partial charge is 0.0410 e. The van der Waals surface area contributed by atoms with E-state index < -0.39 is 0 Å². The molecule has 1 aromatic carbocycles. The lowest BCUT2D eigenvalue weighted by Gasteiger charge is -2.23. The molecule has 1 aliphatic rings. The Balaban J connectivity index is 2.02. The molecule has 0 unspecified atom stereocenters. The lowest BCUT2D eigenvalue weighted by Crippen LogP contribution is -2.24. The van der Waals surface area contributed by atoms with Crippen LogP contribution in [0, 0.1) is 11.8 Å². The molecule has 0 aromatic heterocycles. The van der Waals surface area contributed by atoms with Gasteiger partial charge in [-0.05, 0) is 55.0 Å². The minimum atomic E-state index is 0.694. The number of benzene rings is 1. The van der Waals surface area contributed by atoms with Crippen LogP contribution in [0.1, 0.15) is 32.3 Å². The lowest BCUT2D eigenvalue weighted by molar-refractivity contribution is 0.552. The predicted octanol–water partition coefficient (Wildman–Crippen LogP) is 4.04. The van der Waals surface area contributed by atoms with E-state index in [9.17, 15) is 0 Å². The van der Waals surface area contributed by atoms with Gasteiger partial charge in [0, 0.05) is 30.3 Å². The van der Waals surface area contributed by atoms with Crippen molar-refractivity contribution in [3.05, 3.63) is 28.2 Å². The predicted molar refractivity (Wildman–Crippen MR) is 86.7 cm³/mol. The molecule has 19 heavy (non-hydrogen) atoms. The van der Waals surface area contributed by atoms with Crippen molar-refractivity contribution in [2.75, 3.05) is 25.0 Å². The number of halogens is 1. The second-order valence-electron chi connectivity index (χ2n) is 6.12. The van der Waals surface area contributed by atoms with Gasteiger partial charge < -0.3 is 10.2 Å². The van der Waals surface area contributed by atoms with E-state index in [0.29, 0.717) is 5.92 Å². The summed E-state index contributed by atoms with van der Waals surface area (Å²) in [7, 11) is 2.22. The third kappa shape index (κ3) is 4.81. The van der Waals surface area contributed by atoms with Crippen molar-refractivity contribution in [3.63, 3.8) is 0 Å². The Hall–Kier alpha value is -0.540. The van der Waals surface area contributed by atoms with Crippen molar-refractivity contribution in [1.29, 1.82) is 0 Å². The van der Waals surface area contributed by atoms with Crippen molar-refractivity contribution in [2.24, 2.45) is 11.8 Å². The second-order valence-corrected chi connectivity index (χ2v) is 7.04. The summed E-state index contributed by atoms with van der Waals surface area (Å²) < 4.78 is 1.16. The molecule has 0 spiro atoms. The standard InChI is InChI=1S/C16H25BrN2/c1-12(2)9-18-10-14-8-15(17)6-7-16(14)19(3)11-13-4-5-13/h6-8,12-13,18H,4-5,9-11H2,1-3H3. The van der Waals surface area contributed by atoms with Crippen molar-refractivity contribution in [1.82, 2.24) is 5.32 Å². The second kappa shape index (κ2) is 6.76. The summed E-state index contributed by atoms with van der Waals surface area (Å²) >= 11 is 3.58. The zero-order chi connectivity index (χ0) is 13.8. The van der Waals surface area contributed by atoms with Gasteiger partial charge in [0.1, 0.15) is 0 Å². The topological polar surface area (TPSA) is 15.3 Å². The molecule has 1 aromatic rings. The van der Waals surface area contributed by atoms with Crippen molar-refractivity contribution in [2.45, 2.75) is 33.2 Å². The number of nitrogens with zero attached hydrogens (tertiary/aromatic N) is 1. The van der Waals surface area contributed by atoms with Gasteiger partial charge in [0.05, 0.1) is 0 Å². The van der Waals surface area contributed by atoms with E-state index >= 15 is 0 Å². The van der Waals surface area contributed by atoms with Gasteiger partial charge in [-0.1, -0.05) is 29.8 Å². The third-order valence-corrected chi connectivity index (χ3v) is 4.04. The molecule has 2 rings (SSSR count). The minimum absolute atomic E-state index is 0.694. The first-order chi connectivity index (χ1) is 9.06. The zero-order valence-corrected chi connectivity index (χ0v) is 13.8. The van der Waals surface area contributed by atoms with Gasteiger partial charge in [0.15, 0.2) is 0 Å². The Labute approximate surface area is 125 Å². The fraction of sp³-hybridized carbons (Fsp3) is 0.625. The van der Waals surface area contributed by atoms with E-state index in [1.807, 2.05) is 0 Å². The Morgan fingerprint density at radius 2 is 2.11 bits per heavy atom. The molecule has 0 radical (unpaired) electrons. The van der Waals surface area contributed by atoms with E-state index in [0.717, 1.165) is 23.5 Å². The van der Waals surface area contributed by atoms with Crippen LogP contribution < -0.4 is 10.2 Å². The summed E-state index contributed by atoms with van der Waals surface area (Å²) in [5.74, 6) is 1.62. The van der Waals surface area contributed by atoms with Crippen LogP contribution in [0.2, 0.25) is 0 Å². The van der Waals surface area contributed by atoms with E-state index in [-0.39, 0.29) is 0 Å². The highest BCUT2D eigenvalue weighted by molar-refractivity contribution is 9.10. The van der Waals surface area contributed by atoms with E-state index in [1.165, 1.54) is 30.6 Å². The van der Waals surface area contributed by atoms with Crippen LogP contribution in [-0.2, 0) is 6.54 Å². The van der Waals surface area contributed by atoms with Gasteiger partial charge in [-0.15, -0.1) is 0 Å². The summed E-state index contributed by atoms with van der Waals surface area (Å²) in [4.78, 5) is 2.41. The van der Waals surface area contributed by atoms with Crippen LogP contribution in [0.25, 0.3) is 0 Å². The summed E-state index contributed by atoms with van der Waals surface area (Å²) in [5, 5.41) is 3.55. The molecule has 0 saturated heterocycles. The molecule has 1 aliphatic carbocycles. The lowest BCUT2D eigenvalue weighted by atomic mass is 10.1. The summed E-state index contributed by atoms with van der Waals surface area (Å²) in [6.45, 7) is 7.70. The van der Waals surface area contributed by atoms with Gasteiger partial charge in [-0.2, -0.15) is 0 Å². The van der Waals surface area contributed by atoms with Gasteiger partial charge in [-0.3, -0.25) is 0 Å². The minimum Gasteiger partial charge on any atom is -0.374 e. The molecule has 0 bridgehead atoms. The fourth-order valence-electron chi connectivity index (χ4n) is 2.35. The first kappa shape index (κ1) is 14.9. The number of hydrogen-bond donors (Lipinski definition) is 1. The van der Waals surface area contributed by atoms with Crippen LogP contribution in [0.5, 0.6) is 0 Å². The molecule has 1 N–H and O–H groups in total. The number of anilines is 1. The highest BCUT2D eigenvalue weighted by atomic mass is 79.9. The van der Waals surface area contributed by atoms with Crippen LogP contribution >= 0.6 is 15.9 Å². The van der Waals surface area contributed by atoms with Crippen LogP contribution in [0.3, 0.4) is 0 Å². The van der Waals surface area contributed by atoms with Gasteiger partial charge >= 0.3 is 0 Å². The number of hydrogen-bond acceptors (Lipinski definition) is 2. The molecule has 1 saturated carbocycles. The Kier molecular flexibility index (Phi) is 5.28. The maximum absolute atomic E-state index is 3.58. The highest BCUT2D eigenvalue weighted by Crippen LogP contribution is 2.32. The fourth-order valence-corrected chi connectivity index (χ4v) is 2.76. The highest BCUT2D eigenvalue weighted by Gasteiger charge is 2.23. The van der Waals surface area contributed by atoms with Crippen molar-refractivity contribution < 1.29 is 0 Å². The summed E-state index contributed by atoms with van der Waals surface area (Å²) in [6.07, 6.45) is 2.81. The number of nitrogens with one attached hydrogen (secondary N) is 1. The molecule has 0 atom stereocenters. The molecule has 0 heterocycles. The van der Waals surface area contributed by atoms with Crippen LogP contribution in [0.4, 0.5) is 5.69 Å². The Bertz CT molecular complexity index is 413. The van der Waals surface area contributed by atoms with Crippen molar-refractivity contribution >= 4 is 21.6 Å². The molecule has 106 valence electrons. The van der Waals surface area contributed by atoms with Crippen LogP contribution in [0.15, 0.2) is 22.7 Å². The largest absolute Gasteiger partial charge is 0.374 e. The zero-order valence-electron chi connectivity index (χ0n) is 12.2. The summed E-state index contributed by atoms with van der Waals surface area (Å²) in [6, 6.07) is 6.62. The van der Waals surface area contributed by atoms with Crippen molar-refractivity contribution in [3.8, 4) is 0 Å². The van der Waals surface area contributed by atoms with E-state index in [1.54, 1.807) is 0 Å². The molecule has 3 heteroatoms. The van der Waals surface area contributed by atoms with E-state index in [2.05, 4.69) is 65.2 Å². The molecule has 1 fully saturated rings. The van der Waals surface area contributed by atoms with Crippen LogP contribution in [-0.4, -0.2) is 20.1 Å². The summed E-state index contributed by atoms with van der Waals surface area (Å²) in [5.41, 5.74) is 2.75. The Morgan fingerprint density at radius 1 is 1.37 bits per heavy atom. The molecular weight excluding hydrogens is 300 g/mol. The first-order valence-corrected chi connectivity index (χ1v) is 8.06.